The molecule has 3 rings (SSSR count). The van der Waals surface area contributed by atoms with E-state index in [1.54, 1.807) is 0 Å². The Hall–Kier alpha value is -1.31. The maximum atomic E-state index is 3.44. The zero-order valence-electron chi connectivity index (χ0n) is 11.7. The maximum Gasteiger partial charge on any atom is -0.00257 e. The number of halogens is 1. The van der Waals surface area contributed by atoms with Crippen LogP contribution in [0.5, 0.6) is 0 Å². The van der Waals surface area contributed by atoms with Gasteiger partial charge in [0.2, 0.25) is 0 Å². The van der Waals surface area contributed by atoms with Gasteiger partial charge in [0.05, 0.1) is 0 Å². The Labute approximate surface area is 127 Å². The zero-order chi connectivity index (χ0) is 12.9. The molecule has 1 aliphatic heterocycles. The Bertz CT molecular complexity index is 518. The molecule has 2 aromatic carbocycles. The van der Waals surface area contributed by atoms with Gasteiger partial charge in [0.25, 0.3) is 0 Å². The standard InChI is InChI=1S/C18H21N.ClH/c1-2-5-15(6-3-1)13-16-7-4-8-18(14-16)17-9-11-19-12-10-17;/h1-8,14,17,19H,9-13H2;1H. The molecule has 0 aliphatic carbocycles. The molecule has 0 spiro atoms. The van der Waals surface area contributed by atoms with E-state index in [2.05, 4.69) is 59.9 Å². The minimum atomic E-state index is 0. The van der Waals surface area contributed by atoms with Crippen molar-refractivity contribution in [2.45, 2.75) is 25.2 Å². The van der Waals surface area contributed by atoms with Crippen LogP contribution in [0.3, 0.4) is 0 Å². The summed E-state index contributed by atoms with van der Waals surface area (Å²) in [6.45, 7) is 2.32. The fraction of sp³-hybridized carbons (Fsp3) is 0.333. The Balaban J connectivity index is 0.00000147. The molecular weight excluding hydrogens is 266 g/mol. The lowest BCUT2D eigenvalue weighted by atomic mass is 9.88. The lowest BCUT2D eigenvalue weighted by Crippen LogP contribution is -2.26. The summed E-state index contributed by atoms with van der Waals surface area (Å²) in [5.74, 6) is 0.747. The van der Waals surface area contributed by atoms with Gasteiger partial charge in [0.15, 0.2) is 0 Å². The van der Waals surface area contributed by atoms with Crippen LogP contribution in [-0.2, 0) is 6.42 Å². The second kappa shape index (κ2) is 7.47. The van der Waals surface area contributed by atoms with Crippen molar-refractivity contribution >= 4 is 12.4 Å². The monoisotopic (exact) mass is 287 g/mol. The van der Waals surface area contributed by atoms with Gasteiger partial charge >= 0.3 is 0 Å². The molecule has 1 nitrogen and oxygen atoms in total. The van der Waals surface area contributed by atoms with E-state index in [1.165, 1.54) is 29.5 Å². The highest BCUT2D eigenvalue weighted by atomic mass is 35.5. The number of nitrogens with one attached hydrogen (secondary N) is 1. The van der Waals surface area contributed by atoms with Gasteiger partial charge in [-0.2, -0.15) is 0 Å². The second-order valence-electron chi connectivity index (χ2n) is 5.43. The number of benzene rings is 2. The highest BCUT2D eigenvalue weighted by Crippen LogP contribution is 2.26. The van der Waals surface area contributed by atoms with E-state index in [4.69, 9.17) is 0 Å². The third-order valence-corrected chi connectivity index (χ3v) is 4.01. The average molecular weight is 288 g/mol. The van der Waals surface area contributed by atoms with Gasteiger partial charge in [-0.25, -0.2) is 0 Å². The summed E-state index contributed by atoms with van der Waals surface area (Å²) < 4.78 is 0. The summed E-state index contributed by atoms with van der Waals surface area (Å²) in [6.07, 6.45) is 3.59. The molecule has 0 amide bonds. The van der Waals surface area contributed by atoms with E-state index in [1.807, 2.05) is 0 Å². The molecule has 20 heavy (non-hydrogen) atoms. The normalized spacial score (nSPS) is 15.6. The molecule has 1 saturated heterocycles. The van der Waals surface area contributed by atoms with Crippen LogP contribution in [0.1, 0.15) is 35.4 Å². The predicted octanol–water partition coefficient (Wildman–Crippen LogP) is 4.17. The van der Waals surface area contributed by atoms with Gasteiger partial charge in [-0.05, 0) is 55.0 Å². The number of piperidine rings is 1. The lowest BCUT2D eigenvalue weighted by molar-refractivity contribution is 0.460. The topological polar surface area (TPSA) is 12.0 Å². The fourth-order valence-electron chi connectivity index (χ4n) is 2.94. The smallest absolute Gasteiger partial charge is 0.00257 e. The molecule has 0 bridgehead atoms. The molecule has 1 heterocycles. The summed E-state index contributed by atoms with van der Waals surface area (Å²) in [4.78, 5) is 0. The van der Waals surface area contributed by atoms with Crippen LogP contribution in [0.4, 0.5) is 0 Å². The average Bonchev–Trinajstić information content (AvgIpc) is 2.49. The van der Waals surface area contributed by atoms with Gasteiger partial charge in [-0.15, -0.1) is 12.4 Å². The van der Waals surface area contributed by atoms with Crippen LogP contribution in [0.2, 0.25) is 0 Å². The van der Waals surface area contributed by atoms with Crippen molar-refractivity contribution in [1.82, 2.24) is 5.32 Å². The third kappa shape index (κ3) is 3.84. The molecule has 0 aromatic heterocycles. The molecule has 1 fully saturated rings. The fourth-order valence-corrected chi connectivity index (χ4v) is 2.94. The second-order valence-corrected chi connectivity index (χ2v) is 5.43. The van der Waals surface area contributed by atoms with Gasteiger partial charge < -0.3 is 5.32 Å². The van der Waals surface area contributed by atoms with Crippen LogP contribution in [-0.4, -0.2) is 13.1 Å². The molecule has 1 aliphatic rings. The maximum absolute atomic E-state index is 3.44. The van der Waals surface area contributed by atoms with Crippen LogP contribution >= 0.6 is 12.4 Å². The van der Waals surface area contributed by atoms with Crippen LogP contribution in [0.15, 0.2) is 54.6 Å². The highest BCUT2D eigenvalue weighted by molar-refractivity contribution is 5.85. The number of hydrogen-bond donors (Lipinski definition) is 1. The van der Waals surface area contributed by atoms with Gasteiger partial charge in [-0.1, -0.05) is 54.6 Å². The Morgan fingerprint density at radius 1 is 0.850 bits per heavy atom. The van der Waals surface area contributed by atoms with Crippen molar-refractivity contribution in [3.8, 4) is 0 Å². The minimum absolute atomic E-state index is 0. The first-order chi connectivity index (χ1) is 9.42. The van der Waals surface area contributed by atoms with Crippen LogP contribution in [0.25, 0.3) is 0 Å². The molecule has 0 saturated carbocycles. The number of rotatable bonds is 3. The molecule has 1 N–H and O–H groups in total. The van der Waals surface area contributed by atoms with Crippen molar-refractivity contribution in [2.75, 3.05) is 13.1 Å². The van der Waals surface area contributed by atoms with Gasteiger partial charge in [0.1, 0.15) is 0 Å². The van der Waals surface area contributed by atoms with Crippen molar-refractivity contribution in [2.24, 2.45) is 0 Å². The highest BCUT2D eigenvalue weighted by Gasteiger charge is 2.15. The largest absolute Gasteiger partial charge is 0.317 e. The Kier molecular flexibility index (Phi) is 5.63. The predicted molar refractivity (Wildman–Crippen MR) is 87.8 cm³/mol. The van der Waals surface area contributed by atoms with Crippen molar-refractivity contribution in [1.29, 1.82) is 0 Å². The zero-order valence-corrected chi connectivity index (χ0v) is 12.5. The SMILES string of the molecule is Cl.c1ccc(Cc2cccc(C3CCNCC3)c2)cc1. The summed E-state index contributed by atoms with van der Waals surface area (Å²) in [5.41, 5.74) is 4.35. The first-order valence-electron chi connectivity index (χ1n) is 7.25. The molecule has 0 unspecified atom stereocenters. The summed E-state index contributed by atoms with van der Waals surface area (Å²) in [6, 6.07) is 19.9. The molecule has 0 radical (unpaired) electrons. The summed E-state index contributed by atoms with van der Waals surface area (Å²) in [7, 11) is 0. The van der Waals surface area contributed by atoms with Crippen molar-refractivity contribution in [3.63, 3.8) is 0 Å². The summed E-state index contributed by atoms with van der Waals surface area (Å²) >= 11 is 0. The van der Waals surface area contributed by atoms with Crippen LogP contribution in [0, 0.1) is 0 Å². The van der Waals surface area contributed by atoms with Gasteiger partial charge in [-0.3, -0.25) is 0 Å². The Morgan fingerprint density at radius 3 is 2.30 bits per heavy atom. The first-order valence-corrected chi connectivity index (χ1v) is 7.25. The molecule has 2 aromatic rings. The Morgan fingerprint density at radius 2 is 1.55 bits per heavy atom. The number of hydrogen-bond acceptors (Lipinski definition) is 1. The van der Waals surface area contributed by atoms with Crippen molar-refractivity contribution in [3.05, 3.63) is 71.3 Å². The first kappa shape index (κ1) is 15.1. The van der Waals surface area contributed by atoms with E-state index < -0.39 is 0 Å². The minimum Gasteiger partial charge on any atom is -0.317 e. The molecule has 2 heteroatoms. The lowest BCUT2D eigenvalue weighted by Gasteiger charge is -2.23. The molecule has 0 atom stereocenters. The van der Waals surface area contributed by atoms with Crippen LogP contribution < -0.4 is 5.32 Å². The van der Waals surface area contributed by atoms with E-state index in [0.717, 1.165) is 25.4 Å². The van der Waals surface area contributed by atoms with E-state index >= 15 is 0 Å². The molecule has 106 valence electrons. The third-order valence-electron chi connectivity index (χ3n) is 4.01. The van der Waals surface area contributed by atoms with Gasteiger partial charge in [0, 0.05) is 0 Å². The van der Waals surface area contributed by atoms with E-state index in [-0.39, 0.29) is 12.4 Å². The quantitative estimate of drug-likeness (QED) is 0.893. The summed E-state index contributed by atoms with van der Waals surface area (Å²) in [5, 5.41) is 3.44. The van der Waals surface area contributed by atoms with E-state index in [9.17, 15) is 0 Å². The van der Waals surface area contributed by atoms with Crippen molar-refractivity contribution < 1.29 is 0 Å². The van der Waals surface area contributed by atoms with E-state index in [0.29, 0.717) is 0 Å². The molecular formula is C18H22ClN.